The van der Waals surface area contributed by atoms with Gasteiger partial charge in [-0.05, 0) is 12.8 Å². The molecule has 0 unspecified atom stereocenters. The van der Waals surface area contributed by atoms with Crippen LogP contribution >= 0.6 is 0 Å². The first-order valence-electron chi connectivity index (χ1n) is 6.49. The van der Waals surface area contributed by atoms with Crippen LogP contribution in [-0.4, -0.2) is 68.0 Å². The van der Waals surface area contributed by atoms with E-state index in [0.29, 0.717) is 19.7 Å². The quantitative estimate of drug-likeness (QED) is 0.664. The molecular formula is C12H21F2NO4. The van der Waals surface area contributed by atoms with Gasteiger partial charge in [0.15, 0.2) is 0 Å². The number of carbonyl (C=O) groups is 1. The average molecular weight is 281 g/mol. The molecule has 5 nitrogen and oxygen atoms in total. The van der Waals surface area contributed by atoms with Crippen LogP contribution < -0.4 is 0 Å². The molecule has 1 saturated heterocycles. The molecule has 0 spiro atoms. The van der Waals surface area contributed by atoms with Gasteiger partial charge in [0, 0.05) is 13.1 Å². The summed E-state index contributed by atoms with van der Waals surface area (Å²) < 4.78 is 33.7. The first-order chi connectivity index (χ1) is 9.13. The van der Waals surface area contributed by atoms with Gasteiger partial charge in [0.2, 0.25) is 5.91 Å². The van der Waals surface area contributed by atoms with Crippen LogP contribution in [0.5, 0.6) is 0 Å². The van der Waals surface area contributed by atoms with Gasteiger partial charge in [0.05, 0.1) is 32.3 Å². The average Bonchev–Trinajstić information content (AvgIpc) is 2.41. The van der Waals surface area contributed by atoms with Gasteiger partial charge in [0.1, 0.15) is 6.61 Å². The van der Waals surface area contributed by atoms with Crippen molar-refractivity contribution in [2.75, 3.05) is 39.5 Å². The van der Waals surface area contributed by atoms with E-state index in [1.54, 1.807) is 4.90 Å². The van der Waals surface area contributed by atoms with Crippen molar-refractivity contribution in [3.8, 4) is 0 Å². The summed E-state index contributed by atoms with van der Waals surface area (Å²) in [6, 6.07) is 0. The van der Waals surface area contributed by atoms with Crippen LogP contribution in [0.15, 0.2) is 0 Å². The third kappa shape index (κ3) is 6.79. The van der Waals surface area contributed by atoms with E-state index in [1.165, 1.54) is 0 Å². The van der Waals surface area contributed by atoms with Crippen LogP contribution in [0, 0.1) is 0 Å². The lowest BCUT2D eigenvalue weighted by molar-refractivity contribution is -0.135. The highest BCUT2D eigenvalue weighted by molar-refractivity contribution is 5.76. The van der Waals surface area contributed by atoms with Crippen LogP contribution in [-0.2, 0) is 14.3 Å². The summed E-state index contributed by atoms with van der Waals surface area (Å²) in [6.07, 6.45) is -0.789. The third-order valence-electron chi connectivity index (χ3n) is 2.94. The Morgan fingerprint density at radius 1 is 1.32 bits per heavy atom. The number of aliphatic hydroxyl groups excluding tert-OH is 1. The molecule has 0 aromatic rings. The standard InChI is InChI=1S/C12H21F2NO4/c13-11(14)9-18-7-3-12(17)15-4-1-10(2-5-15)19-8-6-16/h10-11,16H,1-9H2. The maximum Gasteiger partial charge on any atom is 0.261 e. The molecule has 7 heteroatoms. The summed E-state index contributed by atoms with van der Waals surface area (Å²) >= 11 is 0. The molecule has 1 aliphatic heterocycles. The number of piperidine rings is 1. The summed E-state index contributed by atoms with van der Waals surface area (Å²) in [5.74, 6) is -0.0742. The van der Waals surface area contributed by atoms with Crippen molar-refractivity contribution in [1.82, 2.24) is 4.90 Å². The Morgan fingerprint density at radius 2 is 2.00 bits per heavy atom. The Hall–Kier alpha value is -0.790. The van der Waals surface area contributed by atoms with Gasteiger partial charge in [-0.25, -0.2) is 8.78 Å². The van der Waals surface area contributed by atoms with E-state index in [2.05, 4.69) is 4.74 Å². The number of hydrogen-bond donors (Lipinski definition) is 1. The Balaban J connectivity index is 2.11. The first-order valence-corrected chi connectivity index (χ1v) is 6.49. The van der Waals surface area contributed by atoms with Gasteiger partial charge >= 0.3 is 0 Å². The zero-order valence-corrected chi connectivity index (χ0v) is 10.9. The minimum Gasteiger partial charge on any atom is -0.394 e. The number of nitrogens with zero attached hydrogens (tertiary/aromatic N) is 1. The van der Waals surface area contributed by atoms with Gasteiger partial charge in [-0.15, -0.1) is 0 Å². The fraction of sp³-hybridized carbons (Fsp3) is 0.917. The lowest BCUT2D eigenvalue weighted by Crippen LogP contribution is -2.41. The molecule has 0 radical (unpaired) electrons. The molecule has 1 heterocycles. The summed E-state index contributed by atoms with van der Waals surface area (Å²) in [6.45, 7) is 0.933. The summed E-state index contributed by atoms with van der Waals surface area (Å²) in [7, 11) is 0. The van der Waals surface area contributed by atoms with E-state index in [1.807, 2.05) is 0 Å². The molecule has 1 rings (SSSR count). The van der Waals surface area contributed by atoms with Crippen LogP contribution in [0.3, 0.4) is 0 Å². The predicted octanol–water partition coefficient (Wildman–Crippen LogP) is 0.658. The number of alkyl halides is 2. The van der Waals surface area contributed by atoms with Crippen molar-refractivity contribution in [1.29, 1.82) is 0 Å². The Morgan fingerprint density at radius 3 is 2.58 bits per heavy atom. The van der Waals surface area contributed by atoms with E-state index in [9.17, 15) is 13.6 Å². The third-order valence-corrected chi connectivity index (χ3v) is 2.94. The topological polar surface area (TPSA) is 59.0 Å². The van der Waals surface area contributed by atoms with E-state index < -0.39 is 13.0 Å². The van der Waals surface area contributed by atoms with E-state index >= 15 is 0 Å². The summed E-state index contributed by atoms with van der Waals surface area (Å²) in [4.78, 5) is 13.4. The van der Waals surface area contributed by atoms with Gasteiger partial charge in [0.25, 0.3) is 6.43 Å². The normalized spacial score (nSPS) is 17.2. The van der Waals surface area contributed by atoms with Gasteiger partial charge in [-0.2, -0.15) is 0 Å². The molecule has 0 atom stereocenters. The van der Waals surface area contributed by atoms with Crippen molar-refractivity contribution in [3.05, 3.63) is 0 Å². The number of halogens is 2. The fourth-order valence-electron chi connectivity index (χ4n) is 1.98. The number of hydrogen-bond acceptors (Lipinski definition) is 4. The summed E-state index contributed by atoms with van der Waals surface area (Å²) in [5, 5.41) is 8.64. The maximum absolute atomic E-state index is 11.8. The van der Waals surface area contributed by atoms with Crippen LogP contribution in [0.1, 0.15) is 19.3 Å². The Labute approximate surface area is 111 Å². The minimum absolute atomic E-state index is 0.000616. The highest BCUT2D eigenvalue weighted by Crippen LogP contribution is 2.14. The van der Waals surface area contributed by atoms with Crippen molar-refractivity contribution < 1.29 is 28.2 Å². The predicted molar refractivity (Wildman–Crippen MR) is 64.1 cm³/mol. The molecule has 0 aromatic heterocycles. The smallest absolute Gasteiger partial charge is 0.261 e. The van der Waals surface area contributed by atoms with E-state index in [-0.39, 0.29) is 31.6 Å². The van der Waals surface area contributed by atoms with Crippen molar-refractivity contribution >= 4 is 5.91 Å². The molecule has 1 amide bonds. The number of ether oxygens (including phenoxy) is 2. The second-order valence-corrected chi connectivity index (χ2v) is 4.39. The number of rotatable bonds is 8. The molecule has 0 aliphatic carbocycles. The largest absolute Gasteiger partial charge is 0.394 e. The monoisotopic (exact) mass is 281 g/mol. The lowest BCUT2D eigenvalue weighted by atomic mass is 10.1. The highest BCUT2D eigenvalue weighted by atomic mass is 19.3. The Bertz CT molecular complexity index is 258. The molecule has 0 bridgehead atoms. The second-order valence-electron chi connectivity index (χ2n) is 4.39. The lowest BCUT2D eigenvalue weighted by Gasteiger charge is -2.31. The van der Waals surface area contributed by atoms with E-state index in [4.69, 9.17) is 9.84 Å². The van der Waals surface area contributed by atoms with Gasteiger partial charge in [-0.1, -0.05) is 0 Å². The number of amides is 1. The van der Waals surface area contributed by atoms with Crippen molar-refractivity contribution in [3.63, 3.8) is 0 Å². The van der Waals surface area contributed by atoms with Gasteiger partial charge in [-0.3, -0.25) is 4.79 Å². The number of likely N-dealkylation sites (tertiary alicyclic amines) is 1. The SMILES string of the molecule is O=C(CCOCC(F)F)N1CCC(OCCO)CC1. The zero-order valence-electron chi connectivity index (χ0n) is 10.9. The molecule has 0 saturated carbocycles. The molecule has 19 heavy (non-hydrogen) atoms. The maximum atomic E-state index is 11.8. The molecular weight excluding hydrogens is 260 g/mol. The van der Waals surface area contributed by atoms with E-state index in [0.717, 1.165) is 12.8 Å². The fourth-order valence-corrected chi connectivity index (χ4v) is 1.98. The van der Waals surface area contributed by atoms with Crippen LogP contribution in [0.4, 0.5) is 8.78 Å². The first kappa shape index (κ1) is 16.3. The Kier molecular flexibility index (Phi) is 7.85. The number of carbonyl (C=O) groups excluding carboxylic acids is 1. The van der Waals surface area contributed by atoms with Crippen molar-refractivity contribution in [2.45, 2.75) is 31.8 Å². The zero-order chi connectivity index (χ0) is 14.1. The second kappa shape index (κ2) is 9.17. The number of aliphatic hydroxyl groups is 1. The van der Waals surface area contributed by atoms with Crippen molar-refractivity contribution in [2.24, 2.45) is 0 Å². The van der Waals surface area contributed by atoms with Gasteiger partial charge < -0.3 is 19.5 Å². The minimum atomic E-state index is -2.49. The molecule has 1 N–H and O–H groups in total. The molecule has 0 aromatic carbocycles. The molecule has 1 fully saturated rings. The molecule has 1 aliphatic rings. The van der Waals surface area contributed by atoms with Crippen LogP contribution in [0.2, 0.25) is 0 Å². The molecule has 112 valence electrons. The van der Waals surface area contributed by atoms with Crippen LogP contribution in [0.25, 0.3) is 0 Å². The summed E-state index contributed by atoms with van der Waals surface area (Å²) in [5.41, 5.74) is 0. The highest BCUT2D eigenvalue weighted by Gasteiger charge is 2.22.